The van der Waals surface area contributed by atoms with Crippen LogP contribution < -0.4 is 0 Å². The number of hydrogen-bond acceptors (Lipinski definition) is 0. The summed E-state index contributed by atoms with van der Waals surface area (Å²) < 4.78 is 14.9. The van der Waals surface area contributed by atoms with Crippen molar-refractivity contribution in [3.63, 3.8) is 0 Å². The number of hydrogen-bond donors (Lipinski definition) is 0. The summed E-state index contributed by atoms with van der Waals surface area (Å²) in [6.45, 7) is 15.8. The number of rotatable bonds is 6. The predicted octanol–water partition coefficient (Wildman–Crippen LogP) is 7.59. The van der Waals surface area contributed by atoms with E-state index in [1.807, 2.05) is 32.9 Å². The maximum atomic E-state index is 14.9. The molecule has 0 saturated carbocycles. The van der Waals surface area contributed by atoms with E-state index < -0.39 is 0 Å². The van der Waals surface area contributed by atoms with Crippen LogP contribution in [0, 0.1) is 6.92 Å². The molecule has 0 radical (unpaired) electrons. The molecule has 1 aliphatic rings. The molecule has 0 N–H and O–H groups in total. The molecule has 1 heteroatoms. The van der Waals surface area contributed by atoms with Crippen LogP contribution in [0.4, 0.5) is 4.39 Å². The third-order valence-electron chi connectivity index (χ3n) is 4.74. The zero-order valence-corrected chi connectivity index (χ0v) is 16.5. The quantitative estimate of drug-likeness (QED) is 0.464. The predicted molar refractivity (Wildman–Crippen MR) is 113 cm³/mol. The van der Waals surface area contributed by atoms with Gasteiger partial charge in [-0.1, -0.05) is 67.6 Å². The van der Waals surface area contributed by atoms with Gasteiger partial charge in [0.25, 0.3) is 0 Å². The standard InChI is InChI=1S/C25H29F/c1-7-24(19(5)10-8-17(2)3)25(26)15-20(6)21-12-13-22-14-18(4)9-11-23(22)16-21/h8-11,14-16H,2,5,7,12-13H2,1,3-4,6H3/b10-8-,20-15+,25-24-. The fourth-order valence-electron chi connectivity index (χ4n) is 3.19. The largest absolute Gasteiger partial charge is 0.207 e. The molecule has 0 saturated heterocycles. The van der Waals surface area contributed by atoms with E-state index >= 15 is 0 Å². The summed E-state index contributed by atoms with van der Waals surface area (Å²) in [7, 11) is 0. The SMILES string of the molecule is C=C(C)/C=C\C(=C)/C(CC)=C(F)/C=C(\C)C1=Cc2ccc(C)cc2CC1. The summed E-state index contributed by atoms with van der Waals surface area (Å²) in [6, 6.07) is 6.53. The van der Waals surface area contributed by atoms with E-state index in [2.05, 4.69) is 44.4 Å². The first-order valence-electron chi connectivity index (χ1n) is 9.22. The monoisotopic (exact) mass is 348 g/mol. The number of aryl methyl sites for hydroxylation is 2. The van der Waals surface area contributed by atoms with Gasteiger partial charge in [0.15, 0.2) is 0 Å². The van der Waals surface area contributed by atoms with Gasteiger partial charge in [-0.2, -0.15) is 0 Å². The summed E-state index contributed by atoms with van der Waals surface area (Å²) in [4.78, 5) is 0. The van der Waals surface area contributed by atoms with Crippen LogP contribution in [-0.2, 0) is 6.42 Å². The van der Waals surface area contributed by atoms with Gasteiger partial charge in [-0.3, -0.25) is 0 Å². The van der Waals surface area contributed by atoms with Gasteiger partial charge in [0.1, 0.15) is 5.83 Å². The van der Waals surface area contributed by atoms with Gasteiger partial charge in [0.05, 0.1) is 0 Å². The second-order valence-corrected chi connectivity index (χ2v) is 7.08. The van der Waals surface area contributed by atoms with E-state index in [-0.39, 0.29) is 5.83 Å². The summed E-state index contributed by atoms with van der Waals surface area (Å²) in [5.41, 5.74) is 8.38. The third kappa shape index (κ3) is 5.05. The lowest BCUT2D eigenvalue weighted by molar-refractivity contribution is 0.649. The van der Waals surface area contributed by atoms with Gasteiger partial charge in [0, 0.05) is 0 Å². The smallest absolute Gasteiger partial charge is 0.127 e. The van der Waals surface area contributed by atoms with E-state index in [1.54, 1.807) is 6.08 Å². The average molecular weight is 349 g/mol. The Hall–Kier alpha value is -2.41. The van der Waals surface area contributed by atoms with Crippen molar-refractivity contribution in [1.82, 2.24) is 0 Å². The summed E-state index contributed by atoms with van der Waals surface area (Å²) >= 11 is 0. The lowest BCUT2D eigenvalue weighted by atomic mass is 9.88. The summed E-state index contributed by atoms with van der Waals surface area (Å²) in [5, 5.41) is 0. The minimum atomic E-state index is -0.197. The van der Waals surface area contributed by atoms with E-state index in [1.165, 1.54) is 22.3 Å². The summed E-state index contributed by atoms with van der Waals surface area (Å²) in [5.74, 6) is -0.197. The molecule has 0 amide bonds. The fourth-order valence-corrected chi connectivity index (χ4v) is 3.19. The van der Waals surface area contributed by atoms with E-state index in [4.69, 9.17) is 0 Å². The van der Waals surface area contributed by atoms with Crippen molar-refractivity contribution in [3.05, 3.63) is 100.0 Å². The number of benzene rings is 1. The zero-order chi connectivity index (χ0) is 19.3. The van der Waals surface area contributed by atoms with Gasteiger partial charge in [0.2, 0.25) is 0 Å². The molecule has 0 fully saturated rings. The topological polar surface area (TPSA) is 0 Å². The highest BCUT2D eigenvalue weighted by atomic mass is 19.1. The molecule has 0 spiro atoms. The number of fused-ring (bicyclic) bond motifs is 1. The molecule has 1 aromatic rings. The molecule has 0 unspecified atom stereocenters. The lowest BCUT2D eigenvalue weighted by Gasteiger charge is -2.18. The maximum absolute atomic E-state index is 14.9. The molecule has 0 bridgehead atoms. The molecule has 0 aliphatic heterocycles. The van der Waals surface area contributed by atoms with Gasteiger partial charge in [-0.15, -0.1) is 0 Å². The molecule has 0 aromatic heterocycles. The van der Waals surface area contributed by atoms with Crippen molar-refractivity contribution in [3.8, 4) is 0 Å². The molecule has 1 aromatic carbocycles. The van der Waals surface area contributed by atoms with Crippen molar-refractivity contribution in [2.24, 2.45) is 0 Å². The molecule has 136 valence electrons. The number of allylic oxidation sites excluding steroid dienone is 9. The highest BCUT2D eigenvalue weighted by molar-refractivity contribution is 5.64. The minimum absolute atomic E-state index is 0.197. The van der Waals surface area contributed by atoms with E-state index in [0.717, 1.165) is 24.0 Å². The first kappa shape index (κ1) is 19.9. The zero-order valence-electron chi connectivity index (χ0n) is 16.5. The Kier molecular flexibility index (Phi) is 6.74. The molecule has 1 aliphatic carbocycles. The molecule has 26 heavy (non-hydrogen) atoms. The lowest BCUT2D eigenvalue weighted by Crippen LogP contribution is -2.01. The third-order valence-corrected chi connectivity index (χ3v) is 4.74. The van der Waals surface area contributed by atoms with Gasteiger partial charge in [-0.25, -0.2) is 4.39 Å². The minimum Gasteiger partial charge on any atom is -0.207 e. The fraction of sp³-hybridized carbons (Fsp3) is 0.280. The Balaban J connectivity index is 2.31. The van der Waals surface area contributed by atoms with Crippen LogP contribution >= 0.6 is 0 Å². The van der Waals surface area contributed by atoms with Gasteiger partial charge < -0.3 is 0 Å². The Labute approximate surface area is 157 Å². The maximum Gasteiger partial charge on any atom is 0.127 e. The Morgan fingerprint density at radius 3 is 2.54 bits per heavy atom. The Bertz CT molecular complexity index is 841. The van der Waals surface area contributed by atoms with Gasteiger partial charge in [-0.05, 0) is 79.5 Å². The molecule has 0 atom stereocenters. The normalized spacial score (nSPS) is 15.4. The van der Waals surface area contributed by atoms with Gasteiger partial charge >= 0.3 is 0 Å². The average Bonchev–Trinajstić information content (AvgIpc) is 2.59. The Morgan fingerprint density at radius 1 is 1.15 bits per heavy atom. The van der Waals surface area contributed by atoms with Crippen LogP contribution in [0.15, 0.2) is 83.3 Å². The summed E-state index contributed by atoms with van der Waals surface area (Å²) in [6.07, 6.45) is 10.1. The highest BCUT2D eigenvalue weighted by Crippen LogP contribution is 2.30. The molecule has 0 nitrogen and oxygen atoms in total. The van der Waals surface area contributed by atoms with Crippen molar-refractivity contribution in [1.29, 1.82) is 0 Å². The Morgan fingerprint density at radius 2 is 1.88 bits per heavy atom. The van der Waals surface area contributed by atoms with Crippen LogP contribution in [0.25, 0.3) is 6.08 Å². The van der Waals surface area contributed by atoms with Crippen LogP contribution in [0.5, 0.6) is 0 Å². The van der Waals surface area contributed by atoms with Crippen molar-refractivity contribution in [2.75, 3.05) is 0 Å². The van der Waals surface area contributed by atoms with Crippen LogP contribution in [0.2, 0.25) is 0 Å². The van der Waals surface area contributed by atoms with Crippen LogP contribution in [-0.4, -0.2) is 0 Å². The highest BCUT2D eigenvalue weighted by Gasteiger charge is 2.13. The van der Waals surface area contributed by atoms with Crippen LogP contribution in [0.1, 0.15) is 50.3 Å². The van der Waals surface area contributed by atoms with Crippen molar-refractivity contribution >= 4 is 6.08 Å². The van der Waals surface area contributed by atoms with Crippen molar-refractivity contribution in [2.45, 2.75) is 47.0 Å². The van der Waals surface area contributed by atoms with E-state index in [0.29, 0.717) is 17.6 Å². The second kappa shape index (κ2) is 8.80. The molecular formula is C25H29F. The van der Waals surface area contributed by atoms with Crippen LogP contribution in [0.3, 0.4) is 0 Å². The molecular weight excluding hydrogens is 319 g/mol. The molecule has 0 heterocycles. The van der Waals surface area contributed by atoms with E-state index in [9.17, 15) is 4.39 Å². The molecule has 2 rings (SSSR count). The first-order chi connectivity index (χ1) is 12.3. The van der Waals surface area contributed by atoms with Crippen molar-refractivity contribution < 1.29 is 4.39 Å². The second-order valence-electron chi connectivity index (χ2n) is 7.08. The number of halogens is 1. The first-order valence-corrected chi connectivity index (χ1v) is 9.22.